The molecule has 25 heavy (non-hydrogen) atoms. The van der Waals surface area contributed by atoms with Crippen molar-refractivity contribution >= 4 is 40.7 Å². The lowest BCUT2D eigenvalue weighted by Crippen LogP contribution is -2.32. The lowest BCUT2D eigenvalue weighted by molar-refractivity contribution is -0.132. The van der Waals surface area contributed by atoms with Crippen LogP contribution < -0.4 is 4.90 Å². The maximum atomic E-state index is 10.9. The van der Waals surface area contributed by atoms with Gasteiger partial charge in [0.15, 0.2) is 0 Å². The highest BCUT2D eigenvalue weighted by Gasteiger charge is 2.12. The monoisotopic (exact) mass is 352 g/mol. The Bertz CT molecular complexity index is 890. The minimum Gasteiger partial charge on any atom is -0.477 e. The van der Waals surface area contributed by atoms with Gasteiger partial charge in [-0.05, 0) is 49.8 Å². The van der Waals surface area contributed by atoms with Crippen molar-refractivity contribution in [2.45, 2.75) is 13.8 Å². The second kappa shape index (κ2) is 7.55. The van der Waals surface area contributed by atoms with E-state index in [0.717, 1.165) is 16.1 Å². The summed E-state index contributed by atoms with van der Waals surface area (Å²) in [7, 11) is 0. The van der Waals surface area contributed by atoms with Crippen LogP contribution >= 0.6 is 11.3 Å². The number of nitrogens with one attached hydrogen (secondary N) is 2. The molecule has 0 radical (unpaired) electrons. The number of aliphatic carboxylic acids is 1. The van der Waals surface area contributed by atoms with Crippen molar-refractivity contribution in [2.75, 3.05) is 4.90 Å². The van der Waals surface area contributed by atoms with Gasteiger partial charge in [-0.2, -0.15) is 5.26 Å². The molecule has 3 N–H and O–H groups in total. The molecule has 1 aromatic carbocycles. The number of carboxylic acids is 1. The van der Waals surface area contributed by atoms with Gasteiger partial charge in [-0.3, -0.25) is 15.7 Å². The van der Waals surface area contributed by atoms with E-state index in [2.05, 4.69) is 0 Å². The van der Waals surface area contributed by atoms with E-state index < -0.39 is 5.97 Å². The van der Waals surface area contributed by atoms with Crippen LogP contribution in [0.2, 0.25) is 0 Å². The van der Waals surface area contributed by atoms with Crippen LogP contribution in [0.25, 0.3) is 16.5 Å². The Labute approximate surface area is 149 Å². The Balaban J connectivity index is 2.30. The van der Waals surface area contributed by atoms with E-state index >= 15 is 0 Å². The molecule has 2 rings (SSSR count). The highest BCUT2D eigenvalue weighted by molar-refractivity contribution is 7.16. The summed E-state index contributed by atoms with van der Waals surface area (Å²) in [4.78, 5) is 14.0. The maximum Gasteiger partial charge on any atom is 0.346 e. The fraction of sp³-hybridized carbons (Fsp3) is 0.111. The van der Waals surface area contributed by atoms with Crippen molar-refractivity contribution in [3.8, 4) is 16.5 Å². The van der Waals surface area contributed by atoms with Crippen LogP contribution in [-0.2, 0) is 4.79 Å². The van der Waals surface area contributed by atoms with E-state index in [4.69, 9.17) is 21.2 Å². The Morgan fingerprint density at radius 2 is 1.76 bits per heavy atom. The predicted octanol–water partition coefficient (Wildman–Crippen LogP) is 4.21. The first kappa shape index (κ1) is 18.1. The molecular weight excluding hydrogens is 336 g/mol. The van der Waals surface area contributed by atoms with Crippen molar-refractivity contribution in [3.63, 3.8) is 0 Å². The number of carboxylic acid groups (broad SMARTS) is 1. The molecule has 0 aliphatic heterocycles. The lowest BCUT2D eigenvalue weighted by atomic mass is 10.1. The molecule has 126 valence electrons. The number of nitriles is 1. The van der Waals surface area contributed by atoms with Crippen LogP contribution in [0.5, 0.6) is 0 Å². The van der Waals surface area contributed by atoms with E-state index in [1.54, 1.807) is 26.0 Å². The summed E-state index contributed by atoms with van der Waals surface area (Å²) in [5.41, 5.74) is 1.37. The van der Waals surface area contributed by atoms with Gasteiger partial charge in [-0.1, -0.05) is 12.1 Å². The lowest BCUT2D eigenvalue weighted by Gasteiger charge is -2.21. The van der Waals surface area contributed by atoms with Crippen LogP contribution in [0, 0.1) is 22.1 Å². The van der Waals surface area contributed by atoms with Gasteiger partial charge < -0.3 is 5.11 Å². The molecule has 1 aromatic heterocycles. The minimum absolute atomic E-state index is 0.265. The molecule has 0 saturated heterocycles. The normalized spacial score (nSPS) is 10.8. The number of nitrogens with zero attached hydrogens (tertiary/aromatic N) is 2. The molecule has 1 heterocycles. The number of hydrogen-bond acceptors (Lipinski definition) is 5. The van der Waals surface area contributed by atoms with E-state index in [9.17, 15) is 4.79 Å². The highest BCUT2D eigenvalue weighted by Crippen LogP contribution is 2.31. The SMILES string of the molecule is CC(=N)N(C(C)=N)c1ccc(-c2ccc(C=C(C#N)C(=O)O)s2)cc1. The Morgan fingerprint density at radius 3 is 2.24 bits per heavy atom. The standard InChI is InChI=1S/C18H16N4O2S/c1-11(20)22(12(2)21)15-5-3-13(4-6-15)17-8-7-16(25-17)9-14(10-19)18(23)24/h3-9,20-21H,1-2H3,(H,23,24). The van der Waals surface area contributed by atoms with Crippen LogP contribution in [0.3, 0.4) is 0 Å². The quantitative estimate of drug-likeness (QED) is 0.331. The second-order valence-electron chi connectivity index (χ2n) is 5.23. The molecule has 0 fully saturated rings. The highest BCUT2D eigenvalue weighted by atomic mass is 32.1. The van der Waals surface area contributed by atoms with Gasteiger partial charge in [0.25, 0.3) is 0 Å². The Hall–Kier alpha value is -3.24. The van der Waals surface area contributed by atoms with Gasteiger partial charge >= 0.3 is 5.97 Å². The molecule has 0 spiro atoms. The maximum absolute atomic E-state index is 10.9. The zero-order valence-electron chi connectivity index (χ0n) is 13.7. The Kier molecular flexibility index (Phi) is 5.47. The summed E-state index contributed by atoms with van der Waals surface area (Å²) in [6.07, 6.45) is 1.35. The molecule has 7 heteroatoms. The van der Waals surface area contributed by atoms with Gasteiger partial charge in [0.2, 0.25) is 0 Å². The summed E-state index contributed by atoms with van der Waals surface area (Å²) in [6.45, 7) is 3.25. The van der Waals surface area contributed by atoms with E-state index in [0.29, 0.717) is 4.88 Å². The summed E-state index contributed by atoms with van der Waals surface area (Å²) >= 11 is 1.39. The average molecular weight is 352 g/mol. The van der Waals surface area contributed by atoms with Crippen LogP contribution in [0.1, 0.15) is 18.7 Å². The minimum atomic E-state index is -1.24. The molecule has 0 bridgehead atoms. The van der Waals surface area contributed by atoms with Crippen molar-refractivity contribution < 1.29 is 9.90 Å². The third-order valence-corrected chi connectivity index (χ3v) is 4.43. The zero-order chi connectivity index (χ0) is 18.6. The van der Waals surface area contributed by atoms with Crippen molar-refractivity contribution in [3.05, 3.63) is 46.8 Å². The first-order valence-corrected chi connectivity index (χ1v) is 8.11. The topological polar surface area (TPSA) is 112 Å². The number of carbonyl (C=O) groups is 1. The van der Waals surface area contributed by atoms with Gasteiger partial charge in [0, 0.05) is 15.4 Å². The zero-order valence-corrected chi connectivity index (χ0v) is 14.5. The van der Waals surface area contributed by atoms with E-state index in [1.807, 2.05) is 30.3 Å². The number of hydrogen-bond donors (Lipinski definition) is 3. The molecule has 6 nitrogen and oxygen atoms in total. The number of amidine groups is 2. The van der Waals surface area contributed by atoms with E-state index in [-0.39, 0.29) is 17.2 Å². The van der Waals surface area contributed by atoms with E-state index in [1.165, 1.54) is 22.3 Å². The van der Waals surface area contributed by atoms with Gasteiger partial charge in [-0.15, -0.1) is 11.3 Å². The van der Waals surface area contributed by atoms with Crippen LogP contribution in [-0.4, -0.2) is 22.7 Å². The van der Waals surface area contributed by atoms with Gasteiger partial charge in [0.05, 0.1) is 0 Å². The fourth-order valence-electron chi connectivity index (χ4n) is 2.28. The fourth-order valence-corrected chi connectivity index (χ4v) is 3.24. The predicted molar refractivity (Wildman–Crippen MR) is 100 cm³/mol. The summed E-state index contributed by atoms with van der Waals surface area (Å²) < 4.78 is 0. The Morgan fingerprint density at radius 1 is 1.16 bits per heavy atom. The molecule has 2 aromatic rings. The molecule has 0 unspecified atom stereocenters. The number of rotatable bonds is 4. The third-order valence-electron chi connectivity index (χ3n) is 3.35. The first-order valence-electron chi connectivity index (χ1n) is 7.29. The molecular formula is C18H16N4O2S. The third kappa shape index (κ3) is 4.19. The summed E-state index contributed by atoms with van der Waals surface area (Å²) in [5, 5.41) is 33.3. The molecule has 0 atom stereocenters. The number of thiophene rings is 1. The number of benzene rings is 1. The van der Waals surface area contributed by atoms with Crippen molar-refractivity contribution in [1.29, 1.82) is 16.1 Å². The van der Waals surface area contributed by atoms with Gasteiger partial charge in [0.1, 0.15) is 23.3 Å². The van der Waals surface area contributed by atoms with Crippen molar-refractivity contribution in [2.24, 2.45) is 0 Å². The van der Waals surface area contributed by atoms with Crippen LogP contribution in [0.4, 0.5) is 5.69 Å². The largest absolute Gasteiger partial charge is 0.477 e. The molecule has 0 amide bonds. The first-order chi connectivity index (χ1) is 11.8. The summed E-state index contributed by atoms with van der Waals surface area (Å²) in [6, 6.07) is 12.7. The molecule has 0 saturated carbocycles. The van der Waals surface area contributed by atoms with Crippen LogP contribution in [0.15, 0.2) is 42.0 Å². The molecule has 0 aliphatic carbocycles. The van der Waals surface area contributed by atoms with Gasteiger partial charge in [-0.25, -0.2) is 4.79 Å². The smallest absolute Gasteiger partial charge is 0.346 e. The second-order valence-corrected chi connectivity index (χ2v) is 6.35. The number of anilines is 1. The average Bonchev–Trinajstić information content (AvgIpc) is 3.01. The molecule has 0 aliphatic rings. The van der Waals surface area contributed by atoms with Crippen molar-refractivity contribution in [1.82, 2.24) is 0 Å². The summed E-state index contributed by atoms with van der Waals surface area (Å²) in [5.74, 6) is -0.714.